The summed E-state index contributed by atoms with van der Waals surface area (Å²) in [5, 5.41) is 2.74. The molecular weight excluding hydrogens is 180 g/mol. The Morgan fingerprint density at radius 1 is 1.79 bits per heavy atom. The van der Waals surface area contributed by atoms with Crippen molar-refractivity contribution in [3.63, 3.8) is 0 Å². The third-order valence-corrected chi connectivity index (χ3v) is 1.86. The van der Waals surface area contributed by atoms with Gasteiger partial charge in [-0.1, -0.05) is 0 Å². The van der Waals surface area contributed by atoms with Gasteiger partial charge < -0.3 is 16.0 Å². The molecule has 1 rings (SSSR count). The molecule has 0 radical (unpaired) electrons. The van der Waals surface area contributed by atoms with Gasteiger partial charge in [0.15, 0.2) is 0 Å². The van der Waals surface area contributed by atoms with Crippen molar-refractivity contribution in [3.05, 3.63) is 18.2 Å². The Kier molecular flexibility index (Phi) is 4.12. The van der Waals surface area contributed by atoms with Crippen molar-refractivity contribution in [1.82, 2.24) is 15.3 Å². The van der Waals surface area contributed by atoms with Gasteiger partial charge in [0.25, 0.3) is 0 Å². The van der Waals surface area contributed by atoms with Gasteiger partial charge in [0, 0.05) is 25.4 Å². The molecule has 1 atom stereocenters. The second kappa shape index (κ2) is 5.39. The molecule has 1 heterocycles. The van der Waals surface area contributed by atoms with Crippen molar-refractivity contribution >= 4 is 5.91 Å². The van der Waals surface area contributed by atoms with Gasteiger partial charge in [-0.3, -0.25) is 4.79 Å². The Balaban J connectivity index is 2.08. The summed E-state index contributed by atoms with van der Waals surface area (Å²) in [6.07, 6.45) is 5.21. The Labute approximate surface area is 83.1 Å². The summed E-state index contributed by atoms with van der Waals surface area (Å²) in [4.78, 5) is 18.1. The van der Waals surface area contributed by atoms with E-state index >= 15 is 0 Å². The number of carbonyl (C=O) groups is 1. The fourth-order valence-electron chi connectivity index (χ4n) is 1.06. The topological polar surface area (TPSA) is 83.8 Å². The van der Waals surface area contributed by atoms with E-state index in [4.69, 9.17) is 5.73 Å². The second-order valence-corrected chi connectivity index (χ2v) is 3.22. The maximum Gasteiger partial charge on any atom is 0.236 e. The molecule has 0 aromatic carbocycles. The van der Waals surface area contributed by atoms with Crippen LogP contribution in [-0.2, 0) is 11.2 Å². The summed E-state index contributed by atoms with van der Waals surface area (Å²) in [5.41, 5.74) is 5.38. The van der Waals surface area contributed by atoms with Crippen LogP contribution in [0.3, 0.4) is 0 Å². The number of amides is 1. The van der Waals surface area contributed by atoms with Gasteiger partial charge in [-0.15, -0.1) is 0 Å². The zero-order valence-corrected chi connectivity index (χ0v) is 8.29. The standard InChI is InChI=1S/C9H16N4O/c1-7(10)9(14)13-4-2-3-8-11-5-6-12-8/h5-7H,2-4,10H2,1H3,(H,11,12)(H,13,14). The van der Waals surface area contributed by atoms with Crippen LogP contribution in [0.25, 0.3) is 0 Å². The van der Waals surface area contributed by atoms with Crippen LogP contribution in [0.1, 0.15) is 19.2 Å². The molecular formula is C9H16N4O. The summed E-state index contributed by atoms with van der Waals surface area (Å²) in [6, 6.07) is -0.432. The molecule has 5 heteroatoms. The number of nitrogens with two attached hydrogens (primary N) is 1. The van der Waals surface area contributed by atoms with Crippen molar-refractivity contribution in [3.8, 4) is 0 Å². The van der Waals surface area contributed by atoms with Gasteiger partial charge in [-0.25, -0.2) is 4.98 Å². The Morgan fingerprint density at radius 3 is 3.14 bits per heavy atom. The number of carbonyl (C=O) groups excluding carboxylic acids is 1. The maximum absolute atomic E-state index is 11.0. The molecule has 0 aliphatic carbocycles. The fourth-order valence-corrected chi connectivity index (χ4v) is 1.06. The van der Waals surface area contributed by atoms with Gasteiger partial charge in [-0.05, 0) is 13.3 Å². The van der Waals surface area contributed by atoms with E-state index in [9.17, 15) is 4.79 Å². The Bertz CT molecular complexity index is 268. The summed E-state index contributed by atoms with van der Waals surface area (Å²) in [5.74, 6) is 0.837. The molecule has 4 N–H and O–H groups in total. The lowest BCUT2D eigenvalue weighted by Gasteiger charge is -2.06. The number of hydrogen-bond acceptors (Lipinski definition) is 3. The van der Waals surface area contributed by atoms with Crippen LogP contribution in [0.5, 0.6) is 0 Å². The van der Waals surface area contributed by atoms with Gasteiger partial charge >= 0.3 is 0 Å². The zero-order chi connectivity index (χ0) is 10.4. The minimum atomic E-state index is -0.432. The van der Waals surface area contributed by atoms with E-state index in [-0.39, 0.29) is 5.91 Å². The minimum absolute atomic E-state index is 0.107. The summed E-state index contributed by atoms with van der Waals surface area (Å²) in [7, 11) is 0. The highest BCUT2D eigenvalue weighted by Crippen LogP contribution is 1.93. The van der Waals surface area contributed by atoms with Crippen LogP contribution in [0, 0.1) is 0 Å². The maximum atomic E-state index is 11.0. The largest absolute Gasteiger partial charge is 0.355 e. The van der Waals surface area contributed by atoms with Crippen molar-refractivity contribution in [2.75, 3.05) is 6.54 Å². The van der Waals surface area contributed by atoms with Crippen molar-refractivity contribution < 1.29 is 4.79 Å². The number of imidazole rings is 1. The molecule has 1 amide bonds. The number of aromatic nitrogens is 2. The second-order valence-electron chi connectivity index (χ2n) is 3.22. The molecule has 0 saturated heterocycles. The quantitative estimate of drug-likeness (QED) is 0.570. The average molecular weight is 196 g/mol. The molecule has 0 aliphatic heterocycles. The number of hydrogen-bond donors (Lipinski definition) is 3. The van der Waals surface area contributed by atoms with E-state index < -0.39 is 6.04 Å². The normalized spacial score (nSPS) is 12.4. The first kappa shape index (κ1) is 10.7. The third-order valence-electron chi connectivity index (χ3n) is 1.86. The predicted molar refractivity (Wildman–Crippen MR) is 53.6 cm³/mol. The highest BCUT2D eigenvalue weighted by Gasteiger charge is 2.05. The van der Waals surface area contributed by atoms with Gasteiger partial charge in [0.05, 0.1) is 6.04 Å². The Hall–Kier alpha value is -1.36. The number of rotatable bonds is 5. The highest BCUT2D eigenvalue weighted by atomic mass is 16.2. The minimum Gasteiger partial charge on any atom is -0.355 e. The molecule has 1 aromatic rings. The number of H-pyrrole nitrogens is 1. The molecule has 0 saturated carbocycles. The van der Waals surface area contributed by atoms with Crippen molar-refractivity contribution in [2.45, 2.75) is 25.8 Å². The van der Waals surface area contributed by atoms with Crippen LogP contribution in [-0.4, -0.2) is 28.5 Å². The SMILES string of the molecule is CC(N)C(=O)NCCCc1ncc[nH]1. The first-order valence-electron chi connectivity index (χ1n) is 4.71. The lowest BCUT2D eigenvalue weighted by atomic mass is 10.3. The van der Waals surface area contributed by atoms with Gasteiger partial charge in [0.1, 0.15) is 5.82 Å². The number of aryl methyl sites for hydroxylation is 1. The molecule has 0 spiro atoms. The number of nitrogens with one attached hydrogen (secondary N) is 2. The summed E-state index contributed by atoms with van der Waals surface area (Å²) in [6.45, 7) is 2.31. The first-order chi connectivity index (χ1) is 6.70. The monoisotopic (exact) mass is 196 g/mol. The lowest BCUT2D eigenvalue weighted by Crippen LogP contribution is -2.38. The first-order valence-corrected chi connectivity index (χ1v) is 4.71. The van der Waals surface area contributed by atoms with E-state index in [1.807, 2.05) is 0 Å². The smallest absolute Gasteiger partial charge is 0.236 e. The van der Waals surface area contributed by atoms with E-state index in [0.717, 1.165) is 18.7 Å². The Morgan fingerprint density at radius 2 is 2.57 bits per heavy atom. The van der Waals surface area contributed by atoms with E-state index in [1.54, 1.807) is 19.3 Å². The highest BCUT2D eigenvalue weighted by molar-refractivity contribution is 5.80. The third kappa shape index (κ3) is 3.57. The average Bonchev–Trinajstić information content (AvgIpc) is 2.64. The van der Waals surface area contributed by atoms with E-state index in [1.165, 1.54) is 0 Å². The number of nitrogens with zero attached hydrogens (tertiary/aromatic N) is 1. The molecule has 78 valence electrons. The fraction of sp³-hybridized carbons (Fsp3) is 0.556. The molecule has 0 bridgehead atoms. The van der Waals surface area contributed by atoms with Crippen molar-refractivity contribution in [2.24, 2.45) is 5.73 Å². The van der Waals surface area contributed by atoms with Crippen LogP contribution in [0.15, 0.2) is 12.4 Å². The summed E-state index contributed by atoms with van der Waals surface area (Å²) < 4.78 is 0. The zero-order valence-electron chi connectivity index (χ0n) is 8.29. The van der Waals surface area contributed by atoms with Crippen LogP contribution >= 0.6 is 0 Å². The number of aromatic amines is 1. The van der Waals surface area contributed by atoms with Gasteiger partial charge in [-0.2, -0.15) is 0 Å². The van der Waals surface area contributed by atoms with Crippen LogP contribution < -0.4 is 11.1 Å². The lowest BCUT2D eigenvalue weighted by molar-refractivity contribution is -0.121. The molecule has 1 aromatic heterocycles. The molecule has 14 heavy (non-hydrogen) atoms. The molecule has 1 unspecified atom stereocenters. The van der Waals surface area contributed by atoms with Crippen molar-refractivity contribution in [1.29, 1.82) is 0 Å². The predicted octanol–water partition coefficient (Wildman–Crippen LogP) is -0.194. The van der Waals surface area contributed by atoms with Gasteiger partial charge in [0.2, 0.25) is 5.91 Å². The van der Waals surface area contributed by atoms with E-state index in [2.05, 4.69) is 15.3 Å². The molecule has 0 aliphatic rings. The molecule has 0 fully saturated rings. The molecule has 5 nitrogen and oxygen atoms in total. The van der Waals surface area contributed by atoms with Crippen LogP contribution in [0.2, 0.25) is 0 Å². The summed E-state index contributed by atoms with van der Waals surface area (Å²) >= 11 is 0. The van der Waals surface area contributed by atoms with Crippen LogP contribution in [0.4, 0.5) is 0 Å². The van der Waals surface area contributed by atoms with E-state index in [0.29, 0.717) is 6.54 Å².